The molecule has 4 aromatic carbocycles. The van der Waals surface area contributed by atoms with Crippen LogP contribution < -0.4 is 0 Å². The van der Waals surface area contributed by atoms with Crippen molar-refractivity contribution in [1.29, 1.82) is 0 Å². The molecule has 4 aromatic heterocycles. The minimum Gasteiger partial charge on any atom is -0.369 e. The third-order valence-corrected chi connectivity index (χ3v) is 24.8. The van der Waals surface area contributed by atoms with Gasteiger partial charge in [0.25, 0.3) is 23.6 Å². The molecule has 0 spiro atoms. The molecule has 0 aliphatic carbocycles. The minimum absolute atomic E-state index is 0.0231. The summed E-state index contributed by atoms with van der Waals surface area (Å²) in [7, 11) is 0. The summed E-state index contributed by atoms with van der Waals surface area (Å²) in [6, 6.07) is 15.5. The maximum atomic E-state index is 13.9. The molecule has 0 saturated carbocycles. The van der Waals surface area contributed by atoms with Crippen molar-refractivity contribution in [2.75, 3.05) is 78.5 Å². The van der Waals surface area contributed by atoms with Gasteiger partial charge in [-0.1, -0.05) is 67.2 Å². The van der Waals surface area contributed by atoms with Crippen LogP contribution in [0.1, 0.15) is 223 Å². The third kappa shape index (κ3) is 18.8. The van der Waals surface area contributed by atoms with Gasteiger partial charge in [-0.3, -0.25) is 44.4 Å². The molecule has 8 aliphatic heterocycles. The fraction of sp³-hybridized carbons (Fsp3) is 0.447. The van der Waals surface area contributed by atoms with Gasteiger partial charge in [-0.15, -0.1) is 0 Å². The standard InChI is InChI=1S/C22H24F4N4O.2C21H24ClFN4O.C21H22F4N4O2/c1-13(2)30-10-7-16-19(12-30)27-28-20(16)21(31)29-8-5-14(6-9-29)17-11-15(23)3-4-18(17)22(24,25)26;1-13(2)27-10-7-16-19(12-27)24-25-20(16)21(28)26-8-5-14(6-9-26)17-11-15(23)3-4-18(17)22;1-13(2)27-11-8-16-18(12-27)24-25-20(16)21(28)26-9-6-14(7-10-26)15-4-3-5-17(23)19(15)22;1-12(30)29-10-7-15-17(11-29)26-27-19(15)20(31)28-8-5-13(6-9-28)14-3-2-4-16(22)18(14)21(23,24)25/h3-4,11,14H,1,5-10,12H2,2H3,(H,27,28);3-4,11,14H,1,5-10,12H2,2H3,(H,24,25);3-5,14H,1,6-12H2,2H3,(H,24,25);2-4,13H,5-11H2,1H3,(H,26,27). The van der Waals surface area contributed by atoms with Crippen molar-refractivity contribution >= 4 is 52.7 Å². The van der Waals surface area contributed by atoms with Gasteiger partial charge in [0.1, 0.15) is 23.3 Å². The van der Waals surface area contributed by atoms with E-state index in [-0.39, 0.29) is 82.2 Å². The number of aromatic amines is 4. The molecule has 4 fully saturated rings. The number of amides is 5. The summed E-state index contributed by atoms with van der Waals surface area (Å²) in [6.07, 6.45) is -2.17. The van der Waals surface area contributed by atoms with Gasteiger partial charge in [0, 0.05) is 130 Å². The van der Waals surface area contributed by atoms with Gasteiger partial charge in [0.15, 0.2) is 22.8 Å². The first-order valence-corrected chi connectivity index (χ1v) is 40.5. The number of carbonyl (C=O) groups is 5. The Morgan fingerprint density at radius 2 is 0.695 bits per heavy atom. The molecule has 33 heteroatoms. The molecular weight excluding hydrogens is 1590 g/mol. The van der Waals surface area contributed by atoms with E-state index in [4.69, 9.17) is 23.2 Å². The molecule has 0 atom stereocenters. The first-order chi connectivity index (χ1) is 56.2. The molecule has 0 unspecified atom stereocenters. The molecular formula is C85H94Cl2F10N16O5. The van der Waals surface area contributed by atoms with Crippen molar-refractivity contribution in [1.82, 2.24) is 80.0 Å². The van der Waals surface area contributed by atoms with Crippen molar-refractivity contribution in [3.63, 3.8) is 0 Å². The average molecular weight is 1680 g/mol. The zero-order valence-corrected chi connectivity index (χ0v) is 67.6. The highest BCUT2D eigenvalue weighted by atomic mass is 35.5. The quantitative estimate of drug-likeness (QED) is 0.0887. The van der Waals surface area contributed by atoms with Gasteiger partial charge in [-0.05, 0) is 192 Å². The number of alkyl halides is 6. The summed E-state index contributed by atoms with van der Waals surface area (Å²) in [5.41, 5.74) is 11.7. The zero-order chi connectivity index (χ0) is 84.3. The second-order valence-electron chi connectivity index (χ2n) is 31.5. The predicted molar refractivity (Wildman–Crippen MR) is 423 cm³/mol. The fourth-order valence-electron chi connectivity index (χ4n) is 17.4. The minimum atomic E-state index is -4.77. The molecule has 12 heterocycles. The van der Waals surface area contributed by atoms with E-state index < -0.39 is 46.9 Å². The highest BCUT2D eigenvalue weighted by Gasteiger charge is 2.42. The van der Waals surface area contributed by atoms with Gasteiger partial charge in [-0.25, -0.2) is 17.6 Å². The largest absolute Gasteiger partial charge is 0.419 e. The summed E-state index contributed by atoms with van der Waals surface area (Å²) in [4.78, 5) is 78.7. The third-order valence-electron chi connectivity index (χ3n) is 24.1. The lowest BCUT2D eigenvalue weighted by Crippen LogP contribution is -2.39. The number of halogens is 12. The van der Waals surface area contributed by atoms with E-state index >= 15 is 0 Å². The van der Waals surface area contributed by atoms with Gasteiger partial charge in [0.2, 0.25) is 5.91 Å². The van der Waals surface area contributed by atoms with Gasteiger partial charge in [-0.2, -0.15) is 46.7 Å². The summed E-state index contributed by atoms with van der Waals surface area (Å²) < 4.78 is 135. The normalized spacial score (nSPS) is 17.6. The Kier molecular flexibility index (Phi) is 26.1. The molecule has 5 amide bonds. The molecule has 16 rings (SSSR count). The van der Waals surface area contributed by atoms with Crippen LogP contribution >= 0.6 is 23.2 Å². The lowest BCUT2D eigenvalue weighted by Gasteiger charge is -2.33. The number of nitrogens with zero attached hydrogens (tertiary/aromatic N) is 12. The van der Waals surface area contributed by atoms with E-state index in [0.29, 0.717) is 138 Å². The molecule has 4 saturated heterocycles. The Labute approximate surface area is 686 Å². The number of benzene rings is 4. The number of likely N-dealkylation sites (tertiary alicyclic amines) is 4. The number of piperidine rings is 4. The first-order valence-electron chi connectivity index (χ1n) is 39.7. The SMILES string of the molecule is C=C(C)N1CCc2c(C(=O)N3CCC(c4cc(F)ccc4C(F)(F)F)CC3)n[nH]c2C1.C=C(C)N1CCc2c(C(=O)N3CCC(c4cc(F)ccc4Cl)CC3)n[nH]c2C1.C=C(C)N1CCc2c(C(=O)N3CCC(c4cccc(F)c4Cl)CC3)n[nH]c2C1.CC(=O)N1CCc2c(C(=O)N3CCC(c4cccc(F)c4C(F)(F)F)CC3)n[nH]c2C1. The van der Waals surface area contributed by atoms with Crippen molar-refractivity contribution in [3.8, 4) is 0 Å². The van der Waals surface area contributed by atoms with Crippen LogP contribution in [0.25, 0.3) is 0 Å². The molecule has 21 nitrogen and oxygen atoms in total. The highest BCUT2D eigenvalue weighted by Crippen LogP contribution is 2.44. The monoisotopic (exact) mass is 1680 g/mol. The lowest BCUT2D eigenvalue weighted by atomic mass is 9.86. The van der Waals surface area contributed by atoms with Crippen LogP contribution in [-0.4, -0.2) is 188 Å². The van der Waals surface area contributed by atoms with Crippen LogP contribution in [0.3, 0.4) is 0 Å². The van der Waals surface area contributed by atoms with E-state index in [0.717, 1.165) is 156 Å². The summed E-state index contributed by atoms with van der Waals surface area (Å²) in [5.74, 6) is -3.79. The van der Waals surface area contributed by atoms with E-state index in [1.54, 1.807) is 26.8 Å². The number of H-pyrrole nitrogens is 4. The van der Waals surface area contributed by atoms with Crippen LogP contribution in [0.5, 0.6) is 0 Å². The van der Waals surface area contributed by atoms with Crippen molar-refractivity contribution in [3.05, 3.63) is 244 Å². The summed E-state index contributed by atoms with van der Waals surface area (Å²) in [6.45, 7) is 28.3. The van der Waals surface area contributed by atoms with Gasteiger partial charge < -0.3 is 39.2 Å². The first kappa shape index (κ1) is 85.5. The Hall–Kier alpha value is -10.4. The second-order valence-corrected chi connectivity index (χ2v) is 32.3. The Morgan fingerprint density at radius 3 is 1.05 bits per heavy atom. The second kappa shape index (κ2) is 36.0. The summed E-state index contributed by atoms with van der Waals surface area (Å²) in [5, 5.41) is 29.7. The zero-order valence-electron chi connectivity index (χ0n) is 66.1. The fourth-order valence-corrected chi connectivity index (χ4v) is 17.9. The number of hydrogen-bond acceptors (Lipinski definition) is 12. The topological polar surface area (TPSA) is 226 Å². The van der Waals surface area contributed by atoms with Crippen molar-refractivity contribution in [2.45, 2.75) is 167 Å². The Balaban J connectivity index is 0.000000137. The number of rotatable bonds is 11. The number of allylic oxidation sites excluding steroid dienone is 3. The number of carbonyl (C=O) groups excluding carboxylic acids is 5. The number of nitrogens with one attached hydrogen (secondary N) is 4. The van der Waals surface area contributed by atoms with Crippen LogP contribution in [-0.2, 0) is 69.0 Å². The van der Waals surface area contributed by atoms with Crippen LogP contribution in [0.15, 0.2) is 110 Å². The maximum absolute atomic E-state index is 13.9. The molecule has 4 N–H and O–H groups in total. The number of aromatic nitrogens is 8. The highest BCUT2D eigenvalue weighted by molar-refractivity contribution is 6.31. The van der Waals surface area contributed by atoms with Crippen molar-refractivity contribution < 1.29 is 67.9 Å². The predicted octanol–water partition coefficient (Wildman–Crippen LogP) is 16.2. The molecule has 8 aliphatic rings. The van der Waals surface area contributed by atoms with Gasteiger partial charge >= 0.3 is 12.4 Å². The van der Waals surface area contributed by atoms with Crippen molar-refractivity contribution in [2.24, 2.45) is 0 Å². The van der Waals surface area contributed by atoms with E-state index in [1.807, 2.05) is 36.6 Å². The van der Waals surface area contributed by atoms with Gasteiger partial charge in [0.05, 0.1) is 65.1 Å². The molecule has 8 aromatic rings. The van der Waals surface area contributed by atoms with E-state index in [9.17, 15) is 67.9 Å². The summed E-state index contributed by atoms with van der Waals surface area (Å²) >= 11 is 12.4. The van der Waals surface area contributed by atoms with E-state index in [2.05, 4.69) is 75.2 Å². The van der Waals surface area contributed by atoms with Crippen LogP contribution in [0, 0.1) is 23.3 Å². The maximum Gasteiger partial charge on any atom is 0.419 e. The number of fused-ring (bicyclic) bond motifs is 4. The number of hydrogen-bond donors (Lipinski definition) is 4. The lowest BCUT2D eigenvalue weighted by molar-refractivity contribution is -0.141. The smallest absolute Gasteiger partial charge is 0.369 e. The molecule has 0 radical (unpaired) electrons. The average Bonchev–Trinajstić information content (AvgIpc) is 1.59. The molecule has 118 heavy (non-hydrogen) atoms. The van der Waals surface area contributed by atoms with Crippen LogP contribution in [0.4, 0.5) is 43.9 Å². The molecule has 628 valence electrons. The Bertz CT molecular complexity index is 4900. The Morgan fingerprint density at radius 1 is 0.381 bits per heavy atom. The van der Waals surface area contributed by atoms with E-state index in [1.165, 1.54) is 37.3 Å². The molecule has 0 bridgehead atoms. The van der Waals surface area contributed by atoms with Crippen LogP contribution in [0.2, 0.25) is 10.0 Å².